The lowest BCUT2D eigenvalue weighted by molar-refractivity contribution is -0.141. The van der Waals surface area contributed by atoms with E-state index in [-0.39, 0.29) is 28.6 Å². The van der Waals surface area contributed by atoms with Crippen molar-refractivity contribution >= 4 is 21.4 Å². The summed E-state index contributed by atoms with van der Waals surface area (Å²) in [7, 11) is -3.38. The molecule has 0 aliphatic carbocycles. The van der Waals surface area contributed by atoms with Gasteiger partial charge in [0.2, 0.25) is 5.91 Å². The largest absolute Gasteiger partial charge is 0.435 e. The van der Waals surface area contributed by atoms with E-state index >= 15 is 0 Å². The van der Waals surface area contributed by atoms with Crippen molar-refractivity contribution in [1.82, 2.24) is 24.3 Å². The van der Waals surface area contributed by atoms with E-state index in [0.717, 1.165) is 16.8 Å². The molecule has 0 unspecified atom stereocenters. The molecule has 0 radical (unpaired) electrons. The van der Waals surface area contributed by atoms with Gasteiger partial charge in [0.25, 0.3) is 0 Å². The van der Waals surface area contributed by atoms with Crippen molar-refractivity contribution in [3.05, 3.63) is 53.8 Å². The quantitative estimate of drug-likeness (QED) is 0.539. The average molecular weight is 500 g/mol. The van der Waals surface area contributed by atoms with Crippen molar-refractivity contribution in [1.29, 1.82) is 0 Å². The minimum Gasteiger partial charge on any atom is -0.323 e. The number of halogens is 4. The van der Waals surface area contributed by atoms with Crippen molar-refractivity contribution in [3.8, 4) is 5.82 Å². The second kappa shape index (κ2) is 8.18. The molecule has 1 saturated heterocycles. The first-order valence-electron chi connectivity index (χ1n) is 10.1. The lowest BCUT2D eigenvalue weighted by atomic mass is 10.0. The number of aryl methyl sites for hydroxylation is 1. The van der Waals surface area contributed by atoms with Gasteiger partial charge in [0.15, 0.2) is 27.2 Å². The van der Waals surface area contributed by atoms with E-state index in [0.29, 0.717) is 12.8 Å². The van der Waals surface area contributed by atoms with Crippen LogP contribution in [0.5, 0.6) is 0 Å². The van der Waals surface area contributed by atoms with Gasteiger partial charge in [-0.15, -0.1) is 0 Å². The SMILES string of the molecule is Cc1cc(C(F)(F)F)nn1CC(=O)Nc1cnc(-n2cnc([C@]3(C)CCCS3(=O)=O)c2)c(F)c1. The second-order valence-electron chi connectivity index (χ2n) is 8.22. The van der Waals surface area contributed by atoms with Gasteiger partial charge in [-0.1, -0.05) is 0 Å². The third-order valence-electron chi connectivity index (χ3n) is 5.79. The number of hydrogen-bond donors (Lipinski definition) is 1. The lowest BCUT2D eigenvalue weighted by Crippen LogP contribution is -2.28. The monoisotopic (exact) mass is 500 g/mol. The minimum absolute atomic E-state index is 0.0159. The predicted octanol–water partition coefficient (Wildman–Crippen LogP) is 2.99. The molecule has 34 heavy (non-hydrogen) atoms. The van der Waals surface area contributed by atoms with Gasteiger partial charge in [-0.25, -0.2) is 22.8 Å². The van der Waals surface area contributed by atoms with Gasteiger partial charge in [-0.3, -0.25) is 14.0 Å². The van der Waals surface area contributed by atoms with Crippen LogP contribution < -0.4 is 5.32 Å². The molecule has 1 amide bonds. The van der Waals surface area contributed by atoms with Crippen LogP contribution in [0.4, 0.5) is 23.2 Å². The Bertz CT molecular complexity index is 1360. The van der Waals surface area contributed by atoms with Gasteiger partial charge >= 0.3 is 6.18 Å². The Morgan fingerprint density at radius 3 is 2.59 bits per heavy atom. The van der Waals surface area contributed by atoms with Crippen LogP contribution in [0.2, 0.25) is 0 Å². The molecule has 9 nitrogen and oxygen atoms in total. The molecule has 0 aromatic carbocycles. The number of nitrogens with one attached hydrogen (secondary N) is 1. The number of anilines is 1. The lowest BCUT2D eigenvalue weighted by Gasteiger charge is -2.19. The third-order valence-corrected chi connectivity index (χ3v) is 8.41. The fourth-order valence-electron chi connectivity index (χ4n) is 3.81. The number of sulfone groups is 1. The van der Waals surface area contributed by atoms with Crippen molar-refractivity contribution < 1.29 is 30.8 Å². The van der Waals surface area contributed by atoms with Gasteiger partial charge < -0.3 is 5.32 Å². The first-order chi connectivity index (χ1) is 15.8. The van der Waals surface area contributed by atoms with Crippen molar-refractivity contribution in [3.63, 3.8) is 0 Å². The van der Waals surface area contributed by atoms with E-state index in [1.54, 1.807) is 6.92 Å². The summed E-state index contributed by atoms with van der Waals surface area (Å²) in [5, 5.41) is 5.74. The van der Waals surface area contributed by atoms with Crippen LogP contribution in [0.15, 0.2) is 30.9 Å². The summed E-state index contributed by atoms with van der Waals surface area (Å²) in [6.07, 6.45) is 0.126. The van der Waals surface area contributed by atoms with Crippen LogP contribution in [-0.4, -0.2) is 44.4 Å². The van der Waals surface area contributed by atoms with Crippen LogP contribution in [0.25, 0.3) is 5.82 Å². The van der Waals surface area contributed by atoms with Gasteiger partial charge in [0.1, 0.15) is 17.6 Å². The highest BCUT2D eigenvalue weighted by atomic mass is 32.2. The summed E-state index contributed by atoms with van der Waals surface area (Å²) in [4.78, 5) is 20.4. The van der Waals surface area contributed by atoms with Gasteiger partial charge in [-0.2, -0.15) is 18.3 Å². The van der Waals surface area contributed by atoms with E-state index in [9.17, 15) is 30.8 Å². The molecule has 1 N–H and O–H groups in total. The number of carbonyl (C=O) groups is 1. The normalized spacial score (nSPS) is 19.9. The minimum atomic E-state index is -4.64. The Morgan fingerprint density at radius 1 is 1.26 bits per heavy atom. The maximum atomic E-state index is 14.7. The van der Waals surface area contributed by atoms with E-state index in [1.165, 1.54) is 30.2 Å². The number of amides is 1. The van der Waals surface area contributed by atoms with Crippen molar-refractivity contribution in [2.75, 3.05) is 11.1 Å². The number of nitrogens with zero attached hydrogens (tertiary/aromatic N) is 5. The molecule has 4 rings (SSSR count). The Morgan fingerprint density at radius 2 is 2.00 bits per heavy atom. The molecule has 4 heterocycles. The number of aromatic nitrogens is 5. The Kier molecular flexibility index (Phi) is 5.74. The first kappa shape index (κ1) is 23.9. The molecule has 1 aliphatic heterocycles. The van der Waals surface area contributed by atoms with Gasteiger partial charge in [0.05, 0.1) is 23.3 Å². The summed E-state index contributed by atoms with van der Waals surface area (Å²) in [6.45, 7) is 2.45. The van der Waals surface area contributed by atoms with E-state index in [1.807, 2.05) is 0 Å². The smallest absolute Gasteiger partial charge is 0.323 e. The molecule has 1 aliphatic rings. The fraction of sp³-hybridized carbons (Fsp3) is 0.400. The summed E-state index contributed by atoms with van der Waals surface area (Å²) in [5.41, 5.74) is -0.709. The van der Waals surface area contributed by atoms with Crippen LogP contribution in [0.3, 0.4) is 0 Å². The number of hydrogen-bond acceptors (Lipinski definition) is 6. The molecule has 1 atom stereocenters. The summed E-state index contributed by atoms with van der Waals surface area (Å²) >= 11 is 0. The number of pyridine rings is 1. The topological polar surface area (TPSA) is 112 Å². The van der Waals surface area contributed by atoms with E-state index in [2.05, 4.69) is 20.4 Å². The van der Waals surface area contributed by atoms with E-state index < -0.39 is 44.7 Å². The Hall–Kier alpha value is -3.29. The molecule has 0 saturated carbocycles. The number of imidazole rings is 1. The zero-order valence-corrected chi connectivity index (χ0v) is 18.9. The Labute approximate surface area is 191 Å². The molecular weight excluding hydrogens is 480 g/mol. The summed E-state index contributed by atoms with van der Waals surface area (Å²) in [6, 6.07) is 1.81. The van der Waals surface area contributed by atoms with Crippen LogP contribution in [0, 0.1) is 12.7 Å². The van der Waals surface area contributed by atoms with Crippen molar-refractivity contribution in [2.45, 2.75) is 44.2 Å². The number of carbonyl (C=O) groups excluding carboxylic acids is 1. The molecular formula is C20H20F4N6O3S. The van der Waals surface area contributed by atoms with Gasteiger partial charge in [0, 0.05) is 18.0 Å². The predicted molar refractivity (Wildman–Crippen MR) is 112 cm³/mol. The molecule has 0 bridgehead atoms. The molecule has 0 spiro atoms. The van der Waals surface area contributed by atoms with Crippen LogP contribution in [0.1, 0.15) is 36.8 Å². The third kappa shape index (κ3) is 4.29. The zero-order valence-electron chi connectivity index (χ0n) is 18.1. The highest BCUT2D eigenvalue weighted by Gasteiger charge is 2.46. The summed E-state index contributed by atoms with van der Waals surface area (Å²) < 4.78 is 78.8. The molecule has 14 heteroatoms. The highest BCUT2D eigenvalue weighted by molar-refractivity contribution is 7.92. The molecule has 182 valence electrons. The molecule has 3 aromatic rings. The maximum Gasteiger partial charge on any atom is 0.435 e. The maximum absolute atomic E-state index is 14.7. The summed E-state index contributed by atoms with van der Waals surface area (Å²) in [5.74, 6) is -1.64. The number of alkyl halides is 3. The standard InChI is InChI=1S/C20H20F4N6O3S/c1-12-6-15(20(22,23)24)28-30(12)10-17(31)27-13-7-14(21)18(25-8-13)29-9-16(26-11-29)19(2)4-3-5-34(19,32)33/h6-9,11H,3-5,10H2,1-2H3,(H,27,31)/t19-/m0/s1. The first-order valence-corrected chi connectivity index (χ1v) is 11.8. The molecule has 1 fully saturated rings. The fourth-order valence-corrected chi connectivity index (χ4v) is 5.67. The Balaban J connectivity index is 1.49. The van der Waals surface area contributed by atoms with Crippen LogP contribution in [-0.2, 0) is 32.1 Å². The average Bonchev–Trinajstić information content (AvgIpc) is 3.41. The second-order valence-corrected chi connectivity index (χ2v) is 10.8. The van der Waals surface area contributed by atoms with Crippen molar-refractivity contribution in [2.24, 2.45) is 0 Å². The number of rotatable bonds is 5. The van der Waals surface area contributed by atoms with Crippen LogP contribution >= 0.6 is 0 Å². The zero-order chi connectivity index (χ0) is 24.9. The molecule has 3 aromatic heterocycles. The highest BCUT2D eigenvalue weighted by Crippen LogP contribution is 2.40. The van der Waals surface area contributed by atoms with Gasteiger partial charge in [-0.05, 0) is 32.8 Å². The van der Waals surface area contributed by atoms with E-state index in [4.69, 9.17) is 0 Å².